The lowest BCUT2D eigenvalue weighted by Crippen LogP contribution is -2.15. The predicted molar refractivity (Wildman–Crippen MR) is 79.3 cm³/mol. The Balaban J connectivity index is 1.67. The predicted octanol–water partition coefficient (Wildman–Crippen LogP) is 3.75. The summed E-state index contributed by atoms with van der Waals surface area (Å²) in [5.41, 5.74) is 1.10. The number of rotatable bonds is 4. The molecule has 3 heteroatoms. The largest absolute Gasteiger partial charge is 0.439 e. The first-order valence-electron chi connectivity index (χ1n) is 7.06. The van der Waals surface area contributed by atoms with E-state index in [4.69, 9.17) is 4.42 Å². The Morgan fingerprint density at radius 2 is 1.95 bits per heavy atom. The minimum Gasteiger partial charge on any atom is -0.439 e. The van der Waals surface area contributed by atoms with Crippen LogP contribution in [0.5, 0.6) is 0 Å². The summed E-state index contributed by atoms with van der Waals surface area (Å²) in [6, 6.07) is 15.3. The molecule has 3 aromatic rings. The van der Waals surface area contributed by atoms with Gasteiger partial charge in [0.15, 0.2) is 5.76 Å². The van der Waals surface area contributed by atoms with Crippen molar-refractivity contribution in [2.75, 3.05) is 0 Å². The zero-order valence-corrected chi connectivity index (χ0v) is 11.2. The Kier molecular flexibility index (Phi) is 2.78. The monoisotopic (exact) mass is 264 g/mol. The van der Waals surface area contributed by atoms with Gasteiger partial charge in [0, 0.05) is 11.6 Å². The topological polar surface area (TPSA) is 38.1 Å². The third-order valence-corrected chi connectivity index (χ3v) is 3.73. The summed E-state index contributed by atoms with van der Waals surface area (Å²) in [5.74, 6) is 1.61. The average Bonchev–Trinajstić information content (AvgIpc) is 3.21. The van der Waals surface area contributed by atoms with Crippen molar-refractivity contribution in [1.82, 2.24) is 10.3 Å². The molecular weight excluding hydrogens is 248 g/mol. The molecule has 0 amide bonds. The van der Waals surface area contributed by atoms with Gasteiger partial charge >= 0.3 is 0 Å². The van der Waals surface area contributed by atoms with E-state index in [1.165, 1.54) is 23.6 Å². The van der Waals surface area contributed by atoms with Crippen molar-refractivity contribution >= 4 is 10.8 Å². The van der Waals surface area contributed by atoms with Gasteiger partial charge in [-0.3, -0.25) is 0 Å². The highest BCUT2D eigenvalue weighted by Gasteiger charge is 2.21. The van der Waals surface area contributed by atoms with Gasteiger partial charge in [0.2, 0.25) is 5.89 Å². The van der Waals surface area contributed by atoms with E-state index in [0.29, 0.717) is 6.04 Å². The fourth-order valence-electron chi connectivity index (χ4n) is 2.48. The van der Waals surface area contributed by atoms with Gasteiger partial charge in [-0.2, -0.15) is 0 Å². The Labute approximate surface area is 117 Å². The fourth-order valence-corrected chi connectivity index (χ4v) is 2.48. The minimum absolute atomic E-state index is 0.669. The molecular formula is C17H16N2O. The molecule has 0 atom stereocenters. The van der Waals surface area contributed by atoms with Crippen LogP contribution in [0.1, 0.15) is 18.7 Å². The van der Waals surface area contributed by atoms with Crippen molar-refractivity contribution in [2.24, 2.45) is 0 Å². The number of fused-ring (bicyclic) bond motifs is 1. The van der Waals surface area contributed by atoms with Crippen LogP contribution in [0.2, 0.25) is 0 Å². The van der Waals surface area contributed by atoms with Crippen LogP contribution >= 0.6 is 0 Å². The second-order valence-electron chi connectivity index (χ2n) is 5.30. The lowest BCUT2D eigenvalue weighted by Gasteiger charge is -2.03. The molecule has 1 aliphatic carbocycles. The van der Waals surface area contributed by atoms with E-state index in [2.05, 4.69) is 52.8 Å². The summed E-state index contributed by atoms with van der Waals surface area (Å²) in [4.78, 5) is 4.37. The maximum atomic E-state index is 5.88. The summed E-state index contributed by atoms with van der Waals surface area (Å²) in [6.07, 6.45) is 4.37. The Bertz CT molecular complexity index is 738. The molecule has 0 bridgehead atoms. The number of benzene rings is 2. The van der Waals surface area contributed by atoms with E-state index in [0.717, 1.165) is 23.8 Å². The van der Waals surface area contributed by atoms with Crippen molar-refractivity contribution in [1.29, 1.82) is 0 Å². The maximum Gasteiger partial charge on any atom is 0.208 e. The van der Waals surface area contributed by atoms with Crippen LogP contribution in [0.4, 0.5) is 0 Å². The molecule has 1 N–H and O–H groups in total. The van der Waals surface area contributed by atoms with Gasteiger partial charge in [-0.15, -0.1) is 0 Å². The molecule has 2 aromatic carbocycles. The summed E-state index contributed by atoms with van der Waals surface area (Å²) < 4.78 is 5.88. The quantitative estimate of drug-likeness (QED) is 0.780. The average molecular weight is 264 g/mol. The van der Waals surface area contributed by atoms with Gasteiger partial charge in [0.05, 0.1) is 12.7 Å². The van der Waals surface area contributed by atoms with E-state index in [-0.39, 0.29) is 0 Å². The number of hydrogen-bond acceptors (Lipinski definition) is 3. The SMILES string of the molecule is c1ccc2c(-c3cnc(CNC4CC4)o3)cccc2c1. The van der Waals surface area contributed by atoms with Crippen LogP contribution in [0.25, 0.3) is 22.1 Å². The molecule has 0 radical (unpaired) electrons. The minimum atomic E-state index is 0.669. The normalized spacial score (nSPS) is 14.8. The first kappa shape index (κ1) is 11.7. The lowest BCUT2D eigenvalue weighted by atomic mass is 10.0. The van der Waals surface area contributed by atoms with E-state index < -0.39 is 0 Å². The van der Waals surface area contributed by atoms with Crippen LogP contribution in [0, 0.1) is 0 Å². The molecule has 0 unspecified atom stereocenters. The number of nitrogens with one attached hydrogen (secondary N) is 1. The van der Waals surface area contributed by atoms with E-state index in [9.17, 15) is 0 Å². The maximum absolute atomic E-state index is 5.88. The Morgan fingerprint density at radius 3 is 2.85 bits per heavy atom. The molecule has 1 aromatic heterocycles. The summed E-state index contributed by atoms with van der Waals surface area (Å²) in [6.45, 7) is 0.718. The number of oxazole rings is 1. The smallest absolute Gasteiger partial charge is 0.208 e. The molecule has 0 saturated heterocycles. The molecule has 3 nitrogen and oxygen atoms in total. The summed E-state index contributed by atoms with van der Waals surface area (Å²) >= 11 is 0. The van der Waals surface area contributed by atoms with E-state index in [1.54, 1.807) is 0 Å². The van der Waals surface area contributed by atoms with Crippen molar-refractivity contribution in [3.8, 4) is 11.3 Å². The van der Waals surface area contributed by atoms with Crippen LogP contribution in [-0.2, 0) is 6.54 Å². The highest BCUT2D eigenvalue weighted by molar-refractivity contribution is 5.95. The van der Waals surface area contributed by atoms with Crippen molar-refractivity contribution in [3.63, 3.8) is 0 Å². The lowest BCUT2D eigenvalue weighted by molar-refractivity contribution is 0.477. The van der Waals surface area contributed by atoms with E-state index >= 15 is 0 Å². The number of nitrogens with zero attached hydrogens (tertiary/aromatic N) is 1. The molecule has 20 heavy (non-hydrogen) atoms. The molecule has 1 fully saturated rings. The zero-order chi connectivity index (χ0) is 13.4. The van der Waals surface area contributed by atoms with Gasteiger partial charge in [-0.25, -0.2) is 4.98 Å². The molecule has 0 aliphatic heterocycles. The van der Waals surface area contributed by atoms with Crippen LogP contribution in [0.15, 0.2) is 53.1 Å². The fraction of sp³-hybridized carbons (Fsp3) is 0.235. The zero-order valence-electron chi connectivity index (χ0n) is 11.2. The van der Waals surface area contributed by atoms with Crippen molar-refractivity contribution in [2.45, 2.75) is 25.4 Å². The van der Waals surface area contributed by atoms with Gasteiger partial charge in [0.25, 0.3) is 0 Å². The molecule has 0 spiro atoms. The van der Waals surface area contributed by atoms with Crippen LogP contribution < -0.4 is 5.32 Å². The number of aromatic nitrogens is 1. The number of hydrogen-bond donors (Lipinski definition) is 1. The molecule has 1 aliphatic rings. The highest BCUT2D eigenvalue weighted by atomic mass is 16.4. The molecule has 1 saturated carbocycles. The van der Waals surface area contributed by atoms with Gasteiger partial charge < -0.3 is 9.73 Å². The van der Waals surface area contributed by atoms with Crippen molar-refractivity contribution in [3.05, 3.63) is 54.6 Å². The second kappa shape index (κ2) is 4.76. The standard InChI is InChI=1S/C17H16N2O/c1-2-6-14-12(4-1)5-3-7-15(14)16-10-19-17(20-16)11-18-13-8-9-13/h1-7,10,13,18H,8-9,11H2. The third kappa shape index (κ3) is 2.21. The van der Waals surface area contributed by atoms with Gasteiger partial charge in [-0.1, -0.05) is 42.5 Å². The Hall–Kier alpha value is -2.13. The summed E-state index contributed by atoms with van der Waals surface area (Å²) in [7, 11) is 0. The molecule has 1 heterocycles. The van der Waals surface area contributed by atoms with Gasteiger partial charge in [-0.05, 0) is 23.6 Å². The third-order valence-electron chi connectivity index (χ3n) is 3.73. The Morgan fingerprint density at radius 1 is 1.10 bits per heavy atom. The first-order valence-corrected chi connectivity index (χ1v) is 7.06. The second-order valence-corrected chi connectivity index (χ2v) is 5.30. The highest BCUT2D eigenvalue weighted by Crippen LogP contribution is 2.29. The molecule has 100 valence electrons. The summed E-state index contributed by atoms with van der Waals surface area (Å²) in [5, 5.41) is 5.84. The van der Waals surface area contributed by atoms with Crippen molar-refractivity contribution < 1.29 is 4.42 Å². The van der Waals surface area contributed by atoms with Gasteiger partial charge in [0.1, 0.15) is 0 Å². The van der Waals surface area contributed by atoms with Crippen LogP contribution in [-0.4, -0.2) is 11.0 Å². The first-order chi connectivity index (χ1) is 9.90. The van der Waals surface area contributed by atoms with Crippen LogP contribution in [0.3, 0.4) is 0 Å². The van der Waals surface area contributed by atoms with E-state index in [1.807, 2.05) is 6.20 Å². The molecule has 4 rings (SSSR count).